The molecule has 33 heavy (non-hydrogen) atoms. The molecule has 0 bridgehead atoms. The van der Waals surface area contributed by atoms with Gasteiger partial charge in [-0.1, -0.05) is 17.7 Å². The number of morpholine rings is 1. The van der Waals surface area contributed by atoms with Gasteiger partial charge in [-0.15, -0.1) is 0 Å². The Kier molecular flexibility index (Phi) is 8.36. The van der Waals surface area contributed by atoms with Crippen molar-refractivity contribution in [2.45, 2.75) is 18.7 Å². The molecular weight excluding hydrogens is 468 g/mol. The van der Waals surface area contributed by atoms with Crippen LogP contribution in [0.3, 0.4) is 0 Å². The molecule has 2 aromatic rings. The van der Waals surface area contributed by atoms with Crippen LogP contribution in [0.2, 0.25) is 5.02 Å². The van der Waals surface area contributed by atoms with Gasteiger partial charge in [-0.25, -0.2) is 8.42 Å². The van der Waals surface area contributed by atoms with E-state index in [1.807, 2.05) is 6.92 Å². The molecule has 0 aliphatic carbocycles. The van der Waals surface area contributed by atoms with Gasteiger partial charge in [-0.3, -0.25) is 4.79 Å². The first kappa shape index (κ1) is 25.0. The number of nitrogens with zero attached hydrogens (tertiary/aromatic N) is 1. The van der Waals surface area contributed by atoms with E-state index >= 15 is 0 Å². The number of nitrogens with one attached hydrogen (secondary N) is 1. The lowest BCUT2D eigenvalue weighted by molar-refractivity contribution is -0.111. The molecule has 1 heterocycles. The zero-order chi connectivity index (χ0) is 24.0. The lowest BCUT2D eigenvalue weighted by atomic mass is 10.2. The highest BCUT2D eigenvalue weighted by atomic mass is 35.5. The van der Waals surface area contributed by atoms with Crippen LogP contribution < -0.4 is 14.8 Å². The third-order valence-corrected chi connectivity index (χ3v) is 7.33. The maximum atomic E-state index is 13.0. The third kappa shape index (κ3) is 6.05. The summed E-state index contributed by atoms with van der Waals surface area (Å²) in [5.41, 5.74) is 1.63. The average molecular weight is 495 g/mol. The fourth-order valence-corrected chi connectivity index (χ4v) is 5.29. The molecular formula is C23H27ClN2O6S. The number of sulfonamides is 1. The maximum Gasteiger partial charge on any atom is 0.248 e. The first-order valence-electron chi connectivity index (χ1n) is 10.4. The molecule has 1 aliphatic rings. The minimum absolute atomic E-state index is 0.161. The highest BCUT2D eigenvalue weighted by molar-refractivity contribution is 7.89. The minimum Gasteiger partial charge on any atom is -0.493 e. The van der Waals surface area contributed by atoms with Crippen molar-refractivity contribution in [3.63, 3.8) is 0 Å². The Bertz CT molecular complexity index is 1140. The first-order chi connectivity index (χ1) is 15.8. The predicted molar refractivity (Wildman–Crippen MR) is 128 cm³/mol. The Morgan fingerprint density at radius 1 is 1.24 bits per heavy atom. The summed E-state index contributed by atoms with van der Waals surface area (Å²) >= 11 is 6.27. The van der Waals surface area contributed by atoms with Crippen LogP contribution in [0.25, 0.3) is 6.08 Å². The number of rotatable bonds is 8. The van der Waals surface area contributed by atoms with Crippen LogP contribution in [0, 0.1) is 6.92 Å². The number of methoxy groups -OCH3 is 1. The van der Waals surface area contributed by atoms with E-state index in [9.17, 15) is 13.2 Å². The Hall–Kier alpha value is -2.59. The molecule has 8 nitrogen and oxygen atoms in total. The van der Waals surface area contributed by atoms with Gasteiger partial charge in [0.15, 0.2) is 11.5 Å². The number of aryl methyl sites for hydroxylation is 1. The summed E-state index contributed by atoms with van der Waals surface area (Å²) in [4.78, 5) is 12.6. The Morgan fingerprint density at radius 2 is 1.97 bits per heavy atom. The highest BCUT2D eigenvalue weighted by Gasteiger charge is 2.28. The van der Waals surface area contributed by atoms with Gasteiger partial charge < -0.3 is 19.5 Å². The van der Waals surface area contributed by atoms with Gasteiger partial charge in [0.1, 0.15) is 0 Å². The van der Waals surface area contributed by atoms with Crippen molar-refractivity contribution in [1.29, 1.82) is 0 Å². The highest BCUT2D eigenvalue weighted by Crippen LogP contribution is 2.36. The molecule has 10 heteroatoms. The van der Waals surface area contributed by atoms with Crippen molar-refractivity contribution in [3.05, 3.63) is 52.6 Å². The monoisotopic (exact) mass is 494 g/mol. The van der Waals surface area contributed by atoms with E-state index in [-0.39, 0.29) is 4.90 Å². The van der Waals surface area contributed by atoms with Crippen molar-refractivity contribution in [3.8, 4) is 11.5 Å². The number of amides is 1. The smallest absolute Gasteiger partial charge is 0.248 e. The largest absolute Gasteiger partial charge is 0.493 e. The van der Waals surface area contributed by atoms with E-state index in [2.05, 4.69) is 5.32 Å². The quantitative estimate of drug-likeness (QED) is 0.562. The zero-order valence-electron chi connectivity index (χ0n) is 18.8. The molecule has 0 radical (unpaired) electrons. The molecule has 0 aromatic heterocycles. The van der Waals surface area contributed by atoms with Gasteiger partial charge in [0.05, 0.1) is 36.8 Å². The Morgan fingerprint density at radius 3 is 2.64 bits per heavy atom. The number of hydrogen-bond acceptors (Lipinski definition) is 6. The molecule has 0 spiro atoms. The van der Waals surface area contributed by atoms with Crippen molar-refractivity contribution in [2.75, 3.05) is 45.3 Å². The molecule has 3 rings (SSSR count). The normalized spacial score (nSPS) is 14.9. The molecule has 178 valence electrons. The van der Waals surface area contributed by atoms with Crippen LogP contribution in [0.1, 0.15) is 18.1 Å². The summed E-state index contributed by atoms with van der Waals surface area (Å²) in [5, 5.41) is 3.08. The van der Waals surface area contributed by atoms with Crippen molar-refractivity contribution in [1.82, 2.24) is 4.31 Å². The Labute approximate surface area is 199 Å². The van der Waals surface area contributed by atoms with E-state index in [0.29, 0.717) is 66.2 Å². The second-order valence-corrected chi connectivity index (χ2v) is 9.60. The van der Waals surface area contributed by atoms with Crippen LogP contribution >= 0.6 is 11.6 Å². The van der Waals surface area contributed by atoms with E-state index in [0.717, 1.165) is 0 Å². The molecule has 1 N–H and O–H groups in total. The SMILES string of the molecule is CCOc1c(Cl)cc(/C=C/C(=O)Nc2ccc(C)c(S(=O)(=O)N3CCOCC3)c2)cc1OC. The van der Waals surface area contributed by atoms with E-state index in [1.54, 1.807) is 37.3 Å². The van der Waals surface area contributed by atoms with Crippen molar-refractivity contribution in [2.24, 2.45) is 0 Å². The third-order valence-electron chi connectivity index (χ3n) is 5.01. The molecule has 1 saturated heterocycles. The maximum absolute atomic E-state index is 13.0. The fraction of sp³-hybridized carbons (Fsp3) is 0.348. The van der Waals surface area contributed by atoms with E-state index in [1.165, 1.54) is 23.6 Å². The summed E-state index contributed by atoms with van der Waals surface area (Å²) in [6.07, 6.45) is 2.92. The van der Waals surface area contributed by atoms with Gasteiger partial charge >= 0.3 is 0 Å². The second kappa shape index (κ2) is 11.0. The molecule has 0 atom stereocenters. The van der Waals surface area contributed by atoms with Gasteiger partial charge in [-0.2, -0.15) is 4.31 Å². The summed E-state index contributed by atoms with van der Waals surface area (Å²) in [6.45, 7) is 5.33. The number of benzene rings is 2. The van der Waals surface area contributed by atoms with Crippen LogP contribution in [-0.4, -0.2) is 58.7 Å². The molecule has 0 unspecified atom stereocenters. The zero-order valence-corrected chi connectivity index (χ0v) is 20.3. The van der Waals surface area contributed by atoms with Gasteiger partial charge in [0, 0.05) is 24.9 Å². The van der Waals surface area contributed by atoms with Crippen molar-refractivity contribution >= 4 is 39.3 Å². The van der Waals surface area contributed by atoms with Crippen LogP contribution in [0.4, 0.5) is 5.69 Å². The lowest BCUT2D eigenvalue weighted by Gasteiger charge is -2.26. The van der Waals surface area contributed by atoms with Crippen molar-refractivity contribution < 1.29 is 27.4 Å². The number of hydrogen-bond donors (Lipinski definition) is 1. The number of carbonyl (C=O) groups excluding carboxylic acids is 1. The topological polar surface area (TPSA) is 94.2 Å². The molecule has 1 amide bonds. The number of ether oxygens (including phenoxy) is 3. The second-order valence-electron chi connectivity index (χ2n) is 7.29. The van der Waals surface area contributed by atoms with Crippen LogP contribution in [0.5, 0.6) is 11.5 Å². The van der Waals surface area contributed by atoms with Gasteiger partial charge in [0.2, 0.25) is 15.9 Å². The number of anilines is 1. The average Bonchev–Trinajstić information content (AvgIpc) is 2.81. The van der Waals surface area contributed by atoms with Crippen LogP contribution in [-0.2, 0) is 19.6 Å². The van der Waals surface area contributed by atoms with Crippen LogP contribution in [0.15, 0.2) is 41.3 Å². The molecule has 0 saturated carbocycles. The molecule has 1 aliphatic heterocycles. The summed E-state index contributed by atoms with van der Waals surface area (Å²) in [6, 6.07) is 8.18. The van der Waals surface area contributed by atoms with E-state index in [4.69, 9.17) is 25.8 Å². The number of halogens is 1. The van der Waals surface area contributed by atoms with Gasteiger partial charge in [0.25, 0.3) is 0 Å². The van der Waals surface area contributed by atoms with E-state index < -0.39 is 15.9 Å². The minimum atomic E-state index is -3.68. The number of carbonyl (C=O) groups is 1. The fourth-order valence-electron chi connectivity index (χ4n) is 3.36. The molecule has 1 fully saturated rings. The molecule has 2 aromatic carbocycles. The summed E-state index contributed by atoms with van der Waals surface area (Å²) < 4.78 is 43.5. The summed E-state index contributed by atoms with van der Waals surface area (Å²) in [5.74, 6) is 0.482. The lowest BCUT2D eigenvalue weighted by Crippen LogP contribution is -2.40. The van der Waals surface area contributed by atoms with Gasteiger partial charge in [-0.05, 0) is 55.3 Å². The predicted octanol–water partition coefficient (Wildman–Crippen LogP) is 3.73. The standard InChI is InChI=1S/C23H27ClN2O6S/c1-4-32-23-19(24)13-17(14-20(23)30-3)6-8-22(27)25-18-7-5-16(2)21(15-18)33(28,29)26-9-11-31-12-10-26/h5-8,13-15H,4,9-12H2,1-3H3,(H,25,27)/b8-6+. The first-order valence-corrected chi connectivity index (χ1v) is 12.3. The Balaban J connectivity index is 1.76. The summed E-state index contributed by atoms with van der Waals surface area (Å²) in [7, 11) is -2.18.